The Morgan fingerprint density at radius 1 is 0.828 bits per heavy atom. The number of carbonyl (C=O) groups is 2. The van der Waals surface area contributed by atoms with Gasteiger partial charge in [-0.3, -0.25) is 9.59 Å². The topological polar surface area (TPSA) is 58.2 Å². The zero-order valence-corrected chi connectivity index (χ0v) is 16.5. The molecule has 3 aromatic carbocycles. The van der Waals surface area contributed by atoms with Gasteiger partial charge in [-0.1, -0.05) is 30.3 Å². The second-order valence-corrected chi connectivity index (χ2v) is 6.88. The Balaban J connectivity index is 1.57. The summed E-state index contributed by atoms with van der Waals surface area (Å²) in [7, 11) is 0. The molecular formula is C24H23FN2O2. The van der Waals surface area contributed by atoms with E-state index >= 15 is 0 Å². The molecule has 0 aliphatic heterocycles. The molecule has 0 fully saturated rings. The normalized spacial score (nSPS) is 10.4. The lowest BCUT2D eigenvalue weighted by Gasteiger charge is -2.11. The predicted octanol–water partition coefficient (Wildman–Crippen LogP) is 4.67. The van der Waals surface area contributed by atoms with E-state index in [0.29, 0.717) is 29.7 Å². The van der Waals surface area contributed by atoms with Crippen molar-refractivity contribution in [3.63, 3.8) is 0 Å². The fraction of sp³-hybridized carbons (Fsp3) is 0.167. The van der Waals surface area contributed by atoms with Crippen molar-refractivity contribution in [1.29, 1.82) is 0 Å². The molecule has 0 radical (unpaired) electrons. The number of amides is 2. The van der Waals surface area contributed by atoms with Gasteiger partial charge in [0, 0.05) is 23.4 Å². The van der Waals surface area contributed by atoms with Crippen molar-refractivity contribution in [2.24, 2.45) is 0 Å². The Kier molecular flexibility index (Phi) is 6.39. The van der Waals surface area contributed by atoms with Gasteiger partial charge in [0.25, 0.3) is 11.8 Å². The van der Waals surface area contributed by atoms with Crippen molar-refractivity contribution in [2.45, 2.75) is 20.3 Å². The van der Waals surface area contributed by atoms with E-state index in [0.717, 1.165) is 16.8 Å². The summed E-state index contributed by atoms with van der Waals surface area (Å²) >= 11 is 0. The molecule has 0 aromatic heterocycles. The maximum absolute atomic E-state index is 13.6. The van der Waals surface area contributed by atoms with Crippen LogP contribution in [0.1, 0.15) is 37.4 Å². The standard InChI is InChI=1S/C24H23FN2O2/c1-16-6-5-9-22(17(16)2)27-24(29)20-12-10-19(11-13-20)23(28)26-15-14-18-7-3-4-8-21(18)25/h3-13H,14-15H2,1-2H3,(H,26,28)(H,27,29). The van der Waals surface area contributed by atoms with E-state index in [4.69, 9.17) is 0 Å². The molecule has 0 atom stereocenters. The van der Waals surface area contributed by atoms with Crippen molar-refractivity contribution in [3.05, 3.63) is 100 Å². The average molecular weight is 390 g/mol. The third-order valence-electron chi connectivity index (χ3n) is 4.90. The highest BCUT2D eigenvalue weighted by atomic mass is 19.1. The molecule has 0 unspecified atom stereocenters. The van der Waals surface area contributed by atoms with Gasteiger partial charge in [0.05, 0.1) is 0 Å². The minimum Gasteiger partial charge on any atom is -0.352 e. The smallest absolute Gasteiger partial charge is 0.255 e. The van der Waals surface area contributed by atoms with Crippen LogP contribution in [0, 0.1) is 19.7 Å². The van der Waals surface area contributed by atoms with Crippen LogP contribution >= 0.6 is 0 Å². The van der Waals surface area contributed by atoms with Gasteiger partial charge in [0.1, 0.15) is 5.82 Å². The van der Waals surface area contributed by atoms with E-state index in [9.17, 15) is 14.0 Å². The Morgan fingerprint density at radius 3 is 2.17 bits per heavy atom. The molecule has 0 saturated carbocycles. The lowest BCUT2D eigenvalue weighted by Crippen LogP contribution is -2.26. The average Bonchev–Trinajstić information content (AvgIpc) is 2.73. The number of halogens is 1. The van der Waals surface area contributed by atoms with Crippen LogP contribution in [0.25, 0.3) is 0 Å². The number of hydrogen-bond acceptors (Lipinski definition) is 2. The summed E-state index contributed by atoms with van der Waals surface area (Å²) in [5.74, 6) is -0.769. The summed E-state index contributed by atoms with van der Waals surface area (Å²) in [5, 5.41) is 5.67. The molecule has 0 aliphatic rings. The van der Waals surface area contributed by atoms with Crippen molar-refractivity contribution >= 4 is 17.5 Å². The van der Waals surface area contributed by atoms with Crippen molar-refractivity contribution in [1.82, 2.24) is 5.32 Å². The summed E-state index contributed by atoms with van der Waals surface area (Å²) < 4.78 is 13.6. The molecule has 148 valence electrons. The highest BCUT2D eigenvalue weighted by molar-refractivity contribution is 6.05. The first-order valence-corrected chi connectivity index (χ1v) is 9.45. The lowest BCUT2D eigenvalue weighted by atomic mass is 10.1. The predicted molar refractivity (Wildman–Crippen MR) is 113 cm³/mol. The number of aryl methyl sites for hydroxylation is 1. The van der Waals surface area contributed by atoms with Crippen LogP contribution < -0.4 is 10.6 Å². The Hall–Kier alpha value is -3.47. The van der Waals surface area contributed by atoms with E-state index in [2.05, 4.69) is 10.6 Å². The summed E-state index contributed by atoms with van der Waals surface area (Å²) in [6.45, 7) is 4.28. The molecular weight excluding hydrogens is 367 g/mol. The molecule has 3 aromatic rings. The number of anilines is 1. The second-order valence-electron chi connectivity index (χ2n) is 6.88. The number of hydrogen-bond donors (Lipinski definition) is 2. The summed E-state index contributed by atoms with van der Waals surface area (Å²) in [5.41, 5.74) is 4.36. The van der Waals surface area contributed by atoms with Crippen LogP contribution in [0.3, 0.4) is 0 Å². The molecule has 2 N–H and O–H groups in total. The number of carbonyl (C=O) groups excluding carboxylic acids is 2. The largest absolute Gasteiger partial charge is 0.352 e. The maximum Gasteiger partial charge on any atom is 0.255 e. The van der Waals surface area contributed by atoms with Crippen LogP contribution in [-0.2, 0) is 6.42 Å². The van der Waals surface area contributed by atoms with Gasteiger partial charge >= 0.3 is 0 Å². The van der Waals surface area contributed by atoms with Gasteiger partial charge in [0.15, 0.2) is 0 Å². The third kappa shape index (κ3) is 5.08. The van der Waals surface area contributed by atoms with Crippen LogP contribution in [0.5, 0.6) is 0 Å². The Morgan fingerprint density at radius 2 is 1.48 bits per heavy atom. The molecule has 4 nitrogen and oxygen atoms in total. The van der Waals surface area contributed by atoms with Crippen LogP contribution in [0.15, 0.2) is 66.7 Å². The van der Waals surface area contributed by atoms with Crippen LogP contribution in [0.2, 0.25) is 0 Å². The minimum absolute atomic E-state index is 0.231. The first-order chi connectivity index (χ1) is 14.0. The molecule has 2 amide bonds. The quantitative estimate of drug-likeness (QED) is 0.643. The van der Waals surface area contributed by atoms with Crippen LogP contribution in [0.4, 0.5) is 10.1 Å². The molecule has 3 rings (SSSR count). The van der Waals surface area contributed by atoms with Gasteiger partial charge in [-0.15, -0.1) is 0 Å². The minimum atomic E-state index is -0.277. The molecule has 0 saturated heterocycles. The van der Waals surface area contributed by atoms with E-state index in [1.807, 2.05) is 32.0 Å². The van der Waals surface area contributed by atoms with Crippen molar-refractivity contribution in [3.8, 4) is 0 Å². The van der Waals surface area contributed by atoms with E-state index in [-0.39, 0.29) is 17.6 Å². The molecule has 0 spiro atoms. The van der Waals surface area contributed by atoms with E-state index < -0.39 is 0 Å². The first-order valence-electron chi connectivity index (χ1n) is 9.45. The third-order valence-corrected chi connectivity index (χ3v) is 4.90. The highest BCUT2D eigenvalue weighted by Gasteiger charge is 2.11. The zero-order chi connectivity index (χ0) is 20.8. The molecule has 29 heavy (non-hydrogen) atoms. The summed E-state index contributed by atoms with van der Waals surface area (Å²) in [6, 6.07) is 18.7. The van der Waals surface area contributed by atoms with Gasteiger partial charge < -0.3 is 10.6 Å². The van der Waals surface area contributed by atoms with Gasteiger partial charge in [-0.05, 0) is 73.4 Å². The molecule has 0 heterocycles. The fourth-order valence-corrected chi connectivity index (χ4v) is 2.97. The summed E-state index contributed by atoms with van der Waals surface area (Å²) in [4.78, 5) is 24.7. The van der Waals surface area contributed by atoms with E-state index in [1.54, 1.807) is 42.5 Å². The van der Waals surface area contributed by atoms with Crippen molar-refractivity contribution < 1.29 is 14.0 Å². The SMILES string of the molecule is Cc1cccc(NC(=O)c2ccc(C(=O)NCCc3ccccc3F)cc2)c1C. The first kappa shape index (κ1) is 20.3. The monoisotopic (exact) mass is 390 g/mol. The zero-order valence-electron chi connectivity index (χ0n) is 16.5. The van der Waals surface area contributed by atoms with Gasteiger partial charge in [0.2, 0.25) is 0 Å². The molecule has 0 bridgehead atoms. The Bertz CT molecular complexity index is 1030. The van der Waals surface area contributed by atoms with Gasteiger partial charge in [-0.2, -0.15) is 0 Å². The Labute approximate surface area is 169 Å². The number of rotatable bonds is 6. The lowest BCUT2D eigenvalue weighted by molar-refractivity contribution is 0.0952. The highest BCUT2D eigenvalue weighted by Crippen LogP contribution is 2.19. The molecule has 5 heteroatoms. The number of nitrogens with one attached hydrogen (secondary N) is 2. The van der Waals surface area contributed by atoms with Crippen molar-refractivity contribution in [2.75, 3.05) is 11.9 Å². The fourth-order valence-electron chi connectivity index (χ4n) is 2.97. The van der Waals surface area contributed by atoms with E-state index in [1.165, 1.54) is 6.07 Å². The second kappa shape index (κ2) is 9.15. The number of benzene rings is 3. The maximum atomic E-state index is 13.6. The summed E-state index contributed by atoms with van der Waals surface area (Å²) in [6.07, 6.45) is 0.411. The molecule has 0 aliphatic carbocycles. The van der Waals surface area contributed by atoms with Crippen LogP contribution in [-0.4, -0.2) is 18.4 Å². The van der Waals surface area contributed by atoms with Gasteiger partial charge in [-0.25, -0.2) is 4.39 Å².